The van der Waals surface area contributed by atoms with Crippen LogP contribution in [-0.2, 0) is 14.3 Å². The van der Waals surface area contributed by atoms with E-state index < -0.39 is 0 Å². The van der Waals surface area contributed by atoms with Crippen LogP contribution in [0.25, 0.3) is 0 Å². The van der Waals surface area contributed by atoms with Crippen molar-refractivity contribution >= 4 is 5.91 Å². The Morgan fingerprint density at radius 1 is 1.23 bits per heavy atom. The molecule has 2 aliphatic carbocycles. The van der Waals surface area contributed by atoms with Crippen molar-refractivity contribution in [2.75, 3.05) is 19.8 Å². The third-order valence-corrected chi connectivity index (χ3v) is 6.09. The van der Waals surface area contributed by atoms with Gasteiger partial charge in [0.25, 0.3) is 0 Å². The molecular formula is C18H31NO3. The predicted molar refractivity (Wildman–Crippen MR) is 85.6 cm³/mol. The molecule has 2 saturated carbocycles. The molecule has 1 aliphatic heterocycles. The van der Waals surface area contributed by atoms with Crippen molar-refractivity contribution in [3.05, 3.63) is 0 Å². The molecule has 126 valence electrons. The highest BCUT2D eigenvalue weighted by atomic mass is 16.5. The van der Waals surface area contributed by atoms with Crippen LogP contribution in [0.5, 0.6) is 0 Å². The first kappa shape index (κ1) is 16.3. The lowest BCUT2D eigenvalue weighted by atomic mass is 9.55. The molecule has 1 saturated heterocycles. The summed E-state index contributed by atoms with van der Waals surface area (Å²) in [5.41, 5.74) is 0.236. The van der Waals surface area contributed by atoms with Gasteiger partial charge in [-0.2, -0.15) is 0 Å². The summed E-state index contributed by atoms with van der Waals surface area (Å²) in [6.45, 7) is 4.50. The van der Waals surface area contributed by atoms with Crippen molar-refractivity contribution in [2.45, 2.75) is 76.9 Å². The molecule has 2 unspecified atom stereocenters. The van der Waals surface area contributed by atoms with Crippen LogP contribution in [0.3, 0.4) is 0 Å². The van der Waals surface area contributed by atoms with Crippen molar-refractivity contribution < 1.29 is 14.3 Å². The molecule has 0 aromatic carbocycles. The third kappa shape index (κ3) is 3.33. The van der Waals surface area contributed by atoms with Gasteiger partial charge in [-0.1, -0.05) is 19.3 Å². The van der Waals surface area contributed by atoms with Crippen LogP contribution in [0.15, 0.2) is 0 Å². The fourth-order valence-corrected chi connectivity index (χ4v) is 4.73. The second kappa shape index (κ2) is 7.31. The molecule has 1 spiro atoms. The average Bonchev–Trinajstić information content (AvgIpc) is 2.55. The van der Waals surface area contributed by atoms with Gasteiger partial charge in [0.2, 0.25) is 5.91 Å². The van der Waals surface area contributed by atoms with E-state index in [2.05, 4.69) is 12.2 Å². The van der Waals surface area contributed by atoms with Crippen molar-refractivity contribution in [2.24, 2.45) is 11.3 Å². The summed E-state index contributed by atoms with van der Waals surface area (Å²) in [6, 6.07) is 0.344. The number of nitrogens with one attached hydrogen (secondary N) is 1. The number of amides is 1. The Balaban J connectivity index is 1.53. The molecule has 0 radical (unpaired) electrons. The Morgan fingerprint density at radius 3 is 2.64 bits per heavy atom. The minimum absolute atomic E-state index is 0.236. The molecule has 3 aliphatic rings. The number of carbonyl (C=O) groups is 1. The second-order valence-corrected chi connectivity index (χ2v) is 7.35. The van der Waals surface area contributed by atoms with Crippen LogP contribution >= 0.6 is 0 Å². The molecule has 0 bridgehead atoms. The molecule has 3 rings (SSSR count). The Kier molecular flexibility index (Phi) is 5.40. The fourth-order valence-electron chi connectivity index (χ4n) is 4.73. The summed E-state index contributed by atoms with van der Waals surface area (Å²) >= 11 is 0. The highest BCUT2D eigenvalue weighted by Gasteiger charge is 2.56. The van der Waals surface area contributed by atoms with E-state index in [0.717, 1.165) is 39.1 Å². The van der Waals surface area contributed by atoms with Crippen molar-refractivity contribution in [3.8, 4) is 0 Å². The summed E-state index contributed by atoms with van der Waals surface area (Å²) in [5, 5.41) is 3.35. The molecule has 22 heavy (non-hydrogen) atoms. The number of carbonyl (C=O) groups excluding carboxylic acids is 1. The number of ether oxygens (including phenoxy) is 2. The molecule has 3 fully saturated rings. The smallest absolute Gasteiger partial charge is 0.220 e. The molecule has 0 aromatic heterocycles. The van der Waals surface area contributed by atoms with E-state index in [1.54, 1.807) is 0 Å². The van der Waals surface area contributed by atoms with Gasteiger partial charge in [0.1, 0.15) is 0 Å². The van der Waals surface area contributed by atoms with Gasteiger partial charge < -0.3 is 14.8 Å². The molecule has 1 heterocycles. The zero-order valence-corrected chi connectivity index (χ0v) is 13.9. The minimum Gasteiger partial charge on any atom is -0.381 e. The zero-order chi connectivity index (χ0) is 15.4. The Hall–Kier alpha value is -0.610. The van der Waals surface area contributed by atoms with E-state index in [1.807, 2.05) is 0 Å². The van der Waals surface area contributed by atoms with Gasteiger partial charge in [-0.15, -0.1) is 0 Å². The van der Waals surface area contributed by atoms with Crippen LogP contribution in [0, 0.1) is 11.3 Å². The average molecular weight is 309 g/mol. The van der Waals surface area contributed by atoms with Crippen LogP contribution in [0.1, 0.15) is 64.7 Å². The van der Waals surface area contributed by atoms with Crippen molar-refractivity contribution in [3.63, 3.8) is 0 Å². The highest BCUT2D eigenvalue weighted by Crippen LogP contribution is 2.53. The maximum atomic E-state index is 12.4. The Bertz CT molecular complexity index is 373. The molecule has 2 atom stereocenters. The lowest BCUT2D eigenvalue weighted by Gasteiger charge is -2.57. The van der Waals surface area contributed by atoms with E-state index in [0.29, 0.717) is 24.5 Å². The fraction of sp³-hybridized carbons (Fsp3) is 0.944. The van der Waals surface area contributed by atoms with Gasteiger partial charge >= 0.3 is 0 Å². The summed E-state index contributed by atoms with van der Waals surface area (Å²) in [5.74, 6) is 0.760. The van der Waals surface area contributed by atoms with E-state index in [9.17, 15) is 4.79 Å². The summed E-state index contributed by atoms with van der Waals surface area (Å²) < 4.78 is 11.3. The first-order chi connectivity index (χ1) is 10.7. The summed E-state index contributed by atoms with van der Waals surface area (Å²) in [4.78, 5) is 12.4. The molecular weight excluding hydrogens is 278 g/mol. The zero-order valence-electron chi connectivity index (χ0n) is 13.9. The molecule has 0 aromatic rings. The minimum atomic E-state index is 0.236. The molecule has 1 N–H and O–H groups in total. The van der Waals surface area contributed by atoms with E-state index >= 15 is 0 Å². The largest absolute Gasteiger partial charge is 0.381 e. The van der Waals surface area contributed by atoms with Crippen molar-refractivity contribution in [1.29, 1.82) is 0 Å². The van der Waals surface area contributed by atoms with Crippen LogP contribution < -0.4 is 5.32 Å². The van der Waals surface area contributed by atoms with E-state index in [4.69, 9.17) is 9.47 Å². The monoisotopic (exact) mass is 309 g/mol. The summed E-state index contributed by atoms with van der Waals surface area (Å²) in [6.07, 6.45) is 10.5. The van der Waals surface area contributed by atoms with Gasteiger partial charge in [0, 0.05) is 37.7 Å². The van der Waals surface area contributed by atoms with Crippen molar-refractivity contribution in [1.82, 2.24) is 5.32 Å². The van der Waals surface area contributed by atoms with Gasteiger partial charge in [-0.05, 0) is 44.9 Å². The standard InChI is InChI=1S/C18H31NO3/c1-2-22-16-13-15(18(16)8-4-3-5-9-18)19-17(20)12-14-6-10-21-11-7-14/h14-16H,2-13H2,1H3,(H,19,20). The van der Waals surface area contributed by atoms with Gasteiger partial charge in [0.15, 0.2) is 0 Å². The highest BCUT2D eigenvalue weighted by molar-refractivity contribution is 5.76. The molecule has 4 heteroatoms. The number of hydrogen-bond donors (Lipinski definition) is 1. The summed E-state index contributed by atoms with van der Waals surface area (Å²) in [7, 11) is 0. The predicted octanol–water partition coefficient (Wildman–Crippen LogP) is 3.05. The first-order valence-corrected chi connectivity index (χ1v) is 9.23. The topological polar surface area (TPSA) is 47.6 Å². The van der Waals surface area contributed by atoms with E-state index in [1.165, 1.54) is 32.1 Å². The maximum Gasteiger partial charge on any atom is 0.220 e. The van der Waals surface area contributed by atoms with Gasteiger partial charge in [-0.25, -0.2) is 0 Å². The lowest BCUT2D eigenvalue weighted by Crippen LogP contribution is -2.65. The van der Waals surface area contributed by atoms with Gasteiger partial charge in [-0.3, -0.25) is 4.79 Å². The molecule has 4 nitrogen and oxygen atoms in total. The quantitative estimate of drug-likeness (QED) is 0.849. The molecule has 1 amide bonds. The first-order valence-electron chi connectivity index (χ1n) is 9.23. The number of rotatable bonds is 5. The normalized spacial score (nSPS) is 31.7. The van der Waals surface area contributed by atoms with Crippen LogP contribution in [-0.4, -0.2) is 37.9 Å². The Labute approximate surface area is 134 Å². The Morgan fingerprint density at radius 2 is 1.95 bits per heavy atom. The van der Waals surface area contributed by atoms with Crippen LogP contribution in [0.2, 0.25) is 0 Å². The maximum absolute atomic E-state index is 12.4. The third-order valence-electron chi connectivity index (χ3n) is 6.09. The van der Waals surface area contributed by atoms with Gasteiger partial charge in [0.05, 0.1) is 6.10 Å². The van der Waals surface area contributed by atoms with E-state index in [-0.39, 0.29) is 11.3 Å². The SMILES string of the molecule is CCOC1CC(NC(=O)CC2CCOCC2)C12CCCCC2. The second-order valence-electron chi connectivity index (χ2n) is 7.35. The van der Waals surface area contributed by atoms with Crippen LogP contribution in [0.4, 0.5) is 0 Å². The number of hydrogen-bond acceptors (Lipinski definition) is 3. The lowest BCUT2D eigenvalue weighted by molar-refractivity contribution is -0.157.